The number of nitrogens with zero attached hydrogens (tertiary/aromatic N) is 3. The van der Waals surface area contributed by atoms with Crippen LogP contribution >= 0.6 is 0 Å². The second-order valence-corrected chi connectivity index (χ2v) is 5.05. The van der Waals surface area contributed by atoms with E-state index in [0.29, 0.717) is 12.1 Å². The molecule has 0 spiro atoms. The van der Waals surface area contributed by atoms with Crippen molar-refractivity contribution in [2.45, 2.75) is 11.6 Å². The van der Waals surface area contributed by atoms with Gasteiger partial charge in [-0.2, -0.15) is 13.5 Å². The molecule has 0 unspecified atom stereocenters. The SMILES string of the molecule is CNCc1cn[nH]c1S(=O)(=O)Nc1ncccn1. The Bertz CT molecular complexity index is 609. The number of rotatable bonds is 5. The van der Waals surface area contributed by atoms with E-state index >= 15 is 0 Å². The van der Waals surface area contributed by atoms with Crippen molar-refractivity contribution in [2.24, 2.45) is 0 Å². The molecular formula is C9H12N6O2S. The van der Waals surface area contributed by atoms with Gasteiger partial charge in [-0.1, -0.05) is 0 Å². The van der Waals surface area contributed by atoms with Gasteiger partial charge in [-0.3, -0.25) is 5.10 Å². The molecule has 0 aliphatic carbocycles. The largest absolute Gasteiger partial charge is 0.316 e. The summed E-state index contributed by atoms with van der Waals surface area (Å²) in [5, 5.41) is 9.05. The van der Waals surface area contributed by atoms with Crippen LogP contribution in [0.1, 0.15) is 5.56 Å². The molecule has 18 heavy (non-hydrogen) atoms. The highest BCUT2D eigenvalue weighted by Crippen LogP contribution is 2.14. The van der Waals surface area contributed by atoms with Crippen molar-refractivity contribution in [3.8, 4) is 0 Å². The number of hydrogen-bond donors (Lipinski definition) is 3. The molecule has 3 N–H and O–H groups in total. The maximum atomic E-state index is 12.1. The van der Waals surface area contributed by atoms with Gasteiger partial charge >= 0.3 is 0 Å². The summed E-state index contributed by atoms with van der Waals surface area (Å²) in [6.07, 6.45) is 4.36. The molecule has 9 heteroatoms. The van der Waals surface area contributed by atoms with E-state index in [4.69, 9.17) is 0 Å². The third kappa shape index (κ3) is 2.63. The summed E-state index contributed by atoms with van der Waals surface area (Å²) in [6, 6.07) is 1.60. The Morgan fingerprint density at radius 1 is 1.33 bits per heavy atom. The zero-order valence-electron chi connectivity index (χ0n) is 9.58. The predicted molar refractivity (Wildman–Crippen MR) is 64.2 cm³/mol. The van der Waals surface area contributed by atoms with E-state index in [9.17, 15) is 8.42 Å². The van der Waals surface area contributed by atoms with Crippen LogP contribution in [0.5, 0.6) is 0 Å². The predicted octanol–water partition coefficient (Wildman–Crippen LogP) is -0.280. The smallest absolute Gasteiger partial charge is 0.281 e. The quantitative estimate of drug-likeness (QED) is 0.687. The lowest BCUT2D eigenvalue weighted by Crippen LogP contribution is -2.18. The third-order valence-electron chi connectivity index (χ3n) is 2.11. The van der Waals surface area contributed by atoms with Gasteiger partial charge in [0.2, 0.25) is 5.95 Å². The molecule has 0 atom stereocenters. The molecule has 0 aromatic carbocycles. The number of H-pyrrole nitrogens is 1. The molecule has 0 radical (unpaired) electrons. The fraction of sp³-hybridized carbons (Fsp3) is 0.222. The van der Waals surface area contributed by atoms with Crippen LogP contribution in [-0.4, -0.2) is 35.6 Å². The molecule has 2 aromatic heterocycles. The van der Waals surface area contributed by atoms with Gasteiger partial charge in [0.1, 0.15) is 0 Å². The van der Waals surface area contributed by atoms with Crippen LogP contribution in [-0.2, 0) is 16.6 Å². The molecule has 0 bridgehead atoms. The van der Waals surface area contributed by atoms with E-state index < -0.39 is 10.0 Å². The van der Waals surface area contributed by atoms with Crippen molar-refractivity contribution >= 4 is 16.0 Å². The van der Waals surface area contributed by atoms with Gasteiger partial charge in [-0.05, 0) is 13.1 Å². The van der Waals surface area contributed by atoms with Crippen LogP contribution in [0.15, 0.2) is 29.7 Å². The van der Waals surface area contributed by atoms with Gasteiger partial charge in [0.25, 0.3) is 10.0 Å². The van der Waals surface area contributed by atoms with E-state index in [1.165, 1.54) is 18.6 Å². The van der Waals surface area contributed by atoms with E-state index in [1.54, 1.807) is 13.1 Å². The second-order valence-electron chi connectivity index (χ2n) is 3.43. The average molecular weight is 268 g/mol. The van der Waals surface area contributed by atoms with Crippen LogP contribution in [0.3, 0.4) is 0 Å². The highest BCUT2D eigenvalue weighted by atomic mass is 32.2. The number of aromatic amines is 1. The Balaban J connectivity index is 2.28. The number of hydrogen-bond acceptors (Lipinski definition) is 6. The molecule has 0 saturated carbocycles. The van der Waals surface area contributed by atoms with Crippen molar-refractivity contribution < 1.29 is 8.42 Å². The van der Waals surface area contributed by atoms with Crippen LogP contribution in [0, 0.1) is 0 Å². The molecular weight excluding hydrogens is 256 g/mol. The van der Waals surface area contributed by atoms with Gasteiger partial charge in [0.05, 0.1) is 6.20 Å². The summed E-state index contributed by atoms with van der Waals surface area (Å²) < 4.78 is 26.4. The fourth-order valence-electron chi connectivity index (χ4n) is 1.37. The Morgan fingerprint density at radius 2 is 2.06 bits per heavy atom. The Kier molecular flexibility index (Phi) is 3.53. The van der Waals surface area contributed by atoms with Gasteiger partial charge in [-0.15, -0.1) is 0 Å². The minimum absolute atomic E-state index is 0.00398. The Morgan fingerprint density at radius 3 is 2.72 bits per heavy atom. The monoisotopic (exact) mass is 268 g/mol. The van der Waals surface area contributed by atoms with Gasteiger partial charge in [0.15, 0.2) is 5.03 Å². The molecule has 2 aromatic rings. The van der Waals surface area contributed by atoms with Crippen LogP contribution in [0.25, 0.3) is 0 Å². The van der Waals surface area contributed by atoms with Crippen molar-refractivity contribution in [1.29, 1.82) is 0 Å². The van der Waals surface area contributed by atoms with Crippen molar-refractivity contribution in [3.05, 3.63) is 30.2 Å². The number of aromatic nitrogens is 4. The topological polar surface area (TPSA) is 113 Å². The lowest BCUT2D eigenvalue weighted by atomic mass is 10.4. The number of anilines is 1. The Labute approximate surface area is 104 Å². The average Bonchev–Trinajstić information content (AvgIpc) is 2.79. The molecule has 96 valence electrons. The molecule has 8 nitrogen and oxygen atoms in total. The summed E-state index contributed by atoms with van der Waals surface area (Å²) in [5.41, 5.74) is 0.543. The van der Waals surface area contributed by atoms with E-state index in [0.717, 1.165) is 0 Å². The van der Waals surface area contributed by atoms with E-state index in [-0.39, 0.29) is 11.0 Å². The number of nitrogens with one attached hydrogen (secondary N) is 3. The summed E-state index contributed by atoms with van der Waals surface area (Å²) in [4.78, 5) is 7.60. The molecule has 2 rings (SSSR count). The summed E-state index contributed by atoms with van der Waals surface area (Å²) >= 11 is 0. The van der Waals surface area contributed by atoms with Crippen molar-refractivity contribution in [3.63, 3.8) is 0 Å². The first-order valence-electron chi connectivity index (χ1n) is 5.10. The third-order valence-corrected chi connectivity index (χ3v) is 3.45. The molecule has 0 aliphatic rings. The first-order chi connectivity index (χ1) is 8.63. The fourth-order valence-corrected chi connectivity index (χ4v) is 2.46. The molecule has 0 saturated heterocycles. The van der Waals surface area contributed by atoms with Crippen LogP contribution in [0.4, 0.5) is 5.95 Å². The molecule has 2 heterocycles. The highest BCUT2D eigenvalue weighted by molar-refractivity contribution is 7.92. The maximum absolute atomic E-state index is 12.1. The van der Waals surface area contributed by atoms with Gasteiger partial charge in [-0.25, -0.2) is 14.7 Å². The van der Waals surface area contributed by atoms with Crippen molar-refractivity contribution in [1.82, 2.24) is 25.5 Å². The van der Waals surface area contributed by atoms with Crippen molar-refractivity contribution in [2.75, 3.05) is 11.8 Å². The summed E-state index contributed by atoms with van der Waals surface area (Å²) in [7, 11) is -2.04. The van der Waals surface area contributed by atoms with Gasteiger partial charge < -0.3 is 5.32 Å². The van der Waals surface area contributed by atoms with Crippen LogP contribution in [0.2, 0.25) is 0 Å². The molecule has 0 fully saturated rings. The summed E-state index contributed by atoms with van der Waals surface area (Å²) in [5.74, 6) is 0.0162. The van der Waals surface area contributed by atoms with Gasteiger partial charge in [0, 0.05) is 24.5 Å². The lowest BCUT2D eigenvalue weighted by Gasteiger charge is -2.06. The summed E-state index contributed by atoms with van der Waals surface area (Å²) in [6.45, 7) is 0.391. The first-order valence-corrected chi connectivity index (χ1v) is 6.58. The Hall–Kier alpha value is -2.00. The zero-order chi connectivity index (χ0) is 13.0. The maximum Gasteiger partial charge on any atom is 0.281 e. The van der Waals surface area contributed by atoms with Crippen LogP contribution < -0.4 is 10.0 Å². The highest BCUT2D eigenvalue weighted by Gasteiger charge is 2.21. The standard InChI is InChI=1S/C9H12N6O2S/c1-10-5-7-6-13-14-8(7)18(16,17)15-9-11-3-2-4-12-9/h2-4,6,10H,5H2,1H3,(H,13,14)(H,11,12,15). The minimum Gasteiger partial charge on any atom is -0.316 e. The number of sulfonamides is 1. The molecule has 0 amide bonds. The van der Waals surface area contributed by atoms with E-state index in [2.05, 4.69) is 30.2 Å². The molecule has 0 aliphatic heterocycles. The first kappa shape index (κ1) is 12.5. The minimum atomic E-state index is -3.76. The van der Waals surface area contributed by atoms with E-state index in [1.807, 2.05) is 0 Å². The second kappa shape index (κ2) is 5.10. The normalized spacial score (nSPS) is 11.4. The lowest BCUT2D eigenvalue weighted by molar-refractivity contribution is 0.594. The zero-order valence-corrected chi connectivity index (χ0v) is 10.4.